The van der Waals surface area contributed by atoms with E-state index in [-0.39, 0.29) is 0 Å². The van der Waals surface area contributed by atoms with Gasteiger partial charge >= 0.3 is 0 Å². The van der Waals surface area contributed by atoms with E-state index in [1.54, 1.807) is 0 Å². The molecule has 2 heteroatoms. The Balaban J connectivity index is 2.25. The Morgan fingerprint density at radius 3 is 1.08 bits per heavy atom. The van der Waals surface area contributed by atoms with Crippen molar-refractivity contribution in [2.75, 3.05) is 0 Å². The van der Waals surface area contributed by atoms with Crippen LogP contribution in [0, 0.1) is 40.9 Å². The number of rotatable bonds is 7. The van der Waals surface area contributed by atoms with E-state index >= 15 is 0 Å². The molecule has 0 aromatic heterocycles. The molecule has 2 aliphatic rings. The van der Waals surface area contributed by atoms with Crippen LogP contribution in [0.3, 0.4) is 0 Å². The summed E-state index contributed by atoms with van der Waals surface area (Å²) in [5, 5.41) is 0. The molecule has 0 amide bonds. The number of hydrogen-bond donors (Lipinski definition) is 2. The maximum Gasteiger partial charge on any atom is 0.00956 e. The fraction of sp³-hybridized carbons (Fsp3) is 1.00. The molecule has 26 heavy (non-hydrogen) atoms. The molecule has 2 aliphatic carbocycles. The summed E-state index contributed by atoms with van der Waals surface area (Å²) in [7, 11) is 0. The third kappa shape index (κ3) is 4.17. The van der Waals surface area contributed by atoms with Crippen molar-refractivity contribution in [3.63, 3.8) is 0 Å². The van der Waals surface area contributed by atoms with Gasteiger partial charge in [-0.25, -0.2) is 0 Å². The molecule has 4 N–H and O–H groups in total. The summed E-state index contributed by atoms with van der Waals surface area (Å²) in [4.78, 5) is 0. The molecule has 0 bridgehead atoms. The number of hydrogen-bond acceptors (Lipinski definition) is 2. The molecule has 2 nitrogen and oxygen atoms in total. The Kier molecular flexibility index (Phi) is 8.04. The predicted molar refractivity (Wildman–Crippen MR) is 115 cm³/mol. The SMILES string of the molecule is CCC1CC(C(C)(CC)C2CC(CC)C(N)C(CC)C2)CC(CC)C1N. The van der Waals surface area contributed by atoms with E-state index in [1.807, 2.05) is 0 Å². The summed E-state index contributed by atoms with van der Waals surface area (Å²) in [5.41, 5.74) is 13.8. The Hall–Kier alpha value is -0.0800. The van der Waals surface area contributed by atoms with Crippen LogP contribution in [0.15, 0.2) is 0 Å². The van der Waals surface area contributed by atoms with E-state index in [4.69, 9.17) is 11.5 Å². The van der Waals surface area contributed by atoms with Gasteiger partial charge in [0.05, 0.1) is 0 Å². The van der Waals surface area contributed by atoms with Gasteiger partial charge < -0.3 is 11.5 Å². The molecule has 0 heterocycles. The first-order valence-corrected chi connectivity index (χ1v) is 11.9. The molecule has 2 fully saturated rings. The Morgan fingerprint density at radius 2 is 0.885 bits per heavy atom. The van der Waals surface area contributed by atoms with Crippen LogP contribution < -0.4 is 11.5 Å². The highest BCUT2D eigenvalue weighted by atomic mass is 14.7. The molecule has 2 rings (SSSR count). The monoisotopic (exact) mass is 364 g/mol. The van der Waals surface area contributed by atoms with Gasteiger partial charge in [0.1, 0.15) is 0 Å². The van der Waals surface area contributed by atoms with E-state index in [9.17, 15) is 0 Å². The predicted octanol–water partition coefficient (Wildman–Crippen LogP) is 5.98. The third-order valence-electron chi connectivity index (χ3n) is 9.25. The third-order valence-corrected chi connectivity index (χ3v) is 9.25. The van der Waals surface area contributed by atoms with Gasteiger partial charge in [0.25, 0.3) is 0 Å². The molecule has 0 radical (unpaired) electrons. The lowest BCUT2D eigenvalue weighted by Crippen LogP contribution is -2.51. The molecule has 0 aromatic rings. The van der Waals surface area contributed by atoms with Gasteiger partial charge in [-0.1, -0.05) is 73.6 Å². The van der Waals surface area contributed by atoms with Crippen molar-refractivity contribution in [3.05, 3.63) is 0 Å². The Bertz CT molecular complexity index is 358. The van der Waals surface area contributed by atoms with Gasteiger partial charge in [0, 0.05) is 12.1 Å². The fourth-order valence-electron chi connectivity index (χ4n) is 6.80. The van der Waals surface area contributed by atoms with Crippen LogP contribution in [0.2, 0.25) is 0 Å². The minimum Gasteiger partial charge on any atom is -0.327 e. The van der Waals surface area contributed by atoms with Crippen LogP contribution in [-0.4, -0.2) is 12.1 Å². The summed E-state index contributed by atoms with van der Waals surface area (Å²) in [5.74, 6) is 4.57. The molecular formula is C24H48N2. The van der Waals surface area contributed by atoms with Crippen molar-refractivity contribution < 1.29 is 0 Å². The van der Waals surface area contributed by atoms with Crippen LogP contribution in [0.5, 0.6) is 0 Å². The second kappa shape index (κ2) is 9.41. The maximum atomic E-state index is 6.66. The minimum atomic E-state index is 0.425. The van der Waals surface area contributed by atoms with E-state index in [0.29, 0.717) is 17.5 Å². The summed E-state index contributed by atoms with van der Waals surface area (Å²) in [6.07, 6.45) is 11.7. The lowest BCUT2D eigenvalue weighted by atomic mass is 9.52. The second-order valence-electron chi connectivity index (χ2n) is 10.0. The summed E-state index contributed by atoms with van der Waals surface area (Å²) < 4.78 is 0. The average molecular weight is 365 g/mol. The zero-order chi connectivity index (χ0) is 19.5. The lowest BCUT2D eigenvalue weighted by Gasteiger charge is -2.54. The van der Waals surface area contributed by atoms with Crippen LogP contribution >= 0.6 is 0 Å². The highest BCUT2D eigenvalue weighted by Crippen LogP contribution is 2.55. The van der Waals surface area contributed by atoms with Crippen LogP contribution in [0.4, 0.5) is 0 Å². The van der Waals surface area contributed by atoms with Gasteiger partial charge in [-0.3, -0.25) is 0 Å². The van der Waals surface area contributed by atoms with Crippen molar-refractivity contribution in [1.82, 2.24) is 0 Å². The largest absolute Gasteiger partial charge is 0.327 e. The van der Waals surface area contributed by atoms with Gasteiger partial charge in [0.2, 0.25) is 0 Å². The quantitative estimate of drug-likeness (QED) is 0.583. The first-order valence-electron chi connectivity index (χ1n) is 11.9. The summed E-state index contributed by atoms with van der Waals surface area (Å²) >= 11 is 0. The fourth-order valence-corrected chi connectivity index (χ4v) is 6.80. The lowest BCUT2D eigenvalue weighted by molar-refractivity contribution is -0.0278. The zero-order valence-corrected chi connectivity index (χ0v) is 18.6. The van der Waals surface area contributed by atoms with Gasteiger partial charge in [0.15, 0.2) is 0 Å². The highest BCUT2D eigenvalue weighted by molar-refractivity contribution is 5.00. The van der Waals surface area contributed by atoms with Crippen molar-refractivity contribution in [2.24, 2.45) is 52.4 Å². The van der Waals surface area contributed by atoms with E-state index < -0.39 is 0 Å². The topological polar surface area (TPSA) is 52.0 Å². The van der Waals surface area contributed by atoms with Crippen LogP contribution in [0.1, 0.15) is 99.3 Å². The van der Waals surface area contributed by atoms with E-state index in [2.05, 4.69) is 41.5 Å². The Morgan fingerprint density at radius 1 is 0.615 bits per heavy atom. The first-order chi connectivity index (χ1) is 12.4. The van der Waals surface area contributed by atoms with Gasteiger partial charge in [-0.15, -0.1) is 0 Å². The highest BCUT2D eigenvalue weighted by Gasteiger charge is 2.48. The molecular weight excluding hydrogens is 316 g/mol. The minimum absolute atomic E-state index is 0.425. The summed E-state index contributed by atoms with van der Waals surface area (Å²) in [6, 6.07) is 0.850. The van der Waals surface area contributed by atoms with Crippen LogP contribution in [-0.2, 0) is 0 Å². The molecule has 0 aromatic carbocycles. The summed E-state index contributed by atoms with van der Waals surface area (Å²) in [6.45, 7) is 14.5. The normalized spacial score (nSPS) is 43.8. The molecule has 4 unspecified atom stereocenters. The average Bonchev–Trinajstić information content (AvgIpc) is 2.67. The second-order valence-corrected chi connectivity index (χ2v) is 10.0. The molecule has 0 saturated heterocycles. The first kappa shape index (κ1) is 22.2. The Labute approximate surface area is 164 Å². The smallest absolute Gasteiger partial charge is 0.00956 e. The molecule has 2 saturated carbocycles. The standard InChI is InChI=1S/C24H48N2/c1-7-16-12-20(13-17(8-2)22(16)25)24(6,11-5)21-14-18(9-3)23(26)19(10-4)15-21/h16-23H,7-15,25-26H2,1-6H3. The molecule has 154 valence electrons. The van der Waals surface area contributed by atoms with Crippen molar-refractivity contribution >= 4 is 0 Å². The van der Waals surface area contributed by atoms with E-state index in [1.165, 1.54) is 57.8 Å². The van der Waals surface area contributed by atoms with E-state index in [0.717, 1.165) is 35.5 Å². The maximum absolute atomic E-state index is 6.66. The van der Waals surface area contributed by atoms with Crippen molar-refractivity contribution in [3.8, 4) is 0 Å². The molecule has 0 spiro atoms. The van der Waals surface area contributed by atoms with Crippen molar-refractivity contribution in [2.45, 2.75) is 111 Å². The van der Waals surface area contributed by atoms with Gasteiger partial charge in [-0.2, -0.15) is 0 Å². The van der Waals surface area contributed by atoms with Gasteiger partial charge in [-0.05, 0) is 66.6 Å². The van der Waals surface area contributed by atoms with Crippen molar-refractivity contribution in [1.29, 1.82) is 0 Å². The zero-order valence-electron chi connectivity index (χ0n) is 18.6. The molecule has 0 aliphatic heterocycles. The molecule has 4 atom stereocenters. The van der Waals surface area contributed by atoms with Crippen LogP contribution in [0.25, 0.3) is 0 Å². The number of nitrogens with two attached hydrogens (primary N) is 2.